The first kappa shape index (κ1) is 11.4. The van der Waals surface area contributed by atoms with Crippen molar-refractivity contribution in [1.82, 2.24) is 4.90 Å². The van der Waals surface area contributed by atoms with Crippen molar-refractivity contribution in [3.63, 3.8) is 0 Å². The van der Waals surface area contributed by atoms with Gasteiger partial charge < -0.3 is 0 Å². The summed E-state index contributed by atoms with van der Waals surface area (Å²) in [7, 11) is 0. The molecule has 1 amide bonds. The highest BCUT2D eigenvalue weighted by Gasteiger charge is 2.30. The van der Waals surface area contributed by atoms with Crippen molar-refractivity contribution < 1.29 is 4.79 Å². The molecule has 0 radical (unpaired) electrons. The maximum Gasteiger partial charge on any atom is 0.252 e. The van der Waals surface area contributed by atoms with E-state index in [1.807, 2.05) is 12.1 Å². The van der Waals surface area contributed by atoms with Gasteiger partial charge in [0.25, 0.3) is 5.91 Å². The number of benzene rings is 1. The summed E-state index contributed by atoms with van der Waals surface area (Å²) in [5.41, 5.74) is 2.55. The minimum atomic E-state index is 0.0341. The average Bonchev–Trinajstić information content (AvgIpc) is 2.40. The van der Waals surface area contributed by atoms with Crippen LogP contribution in [0.25, 0.3) is 0 Å². The number of aliphatic imine (C=N–C) groups is 1. The monoisotopic (exact) mass is 240 g/mol. The molecule has 3 heteroatoms. The van der Waals surface area contributed by atoms with E-state index in [1.165, 1.54) is 11.1 Å². The fourth-order valence-corrected chi connectivity index (χ4v) is 2.67. The predicted octanol–water partition coefficient (Wildman–Crippen LogP) is 2.05. The number of likely N-dealkylation sites (tertiary alicyclic amines) is 1. The molecule has 1 atom stereocenters. The number of hydrogen-bond donors (Lipinski definition) is 0. The van der Waals surface area contributed by atoms with Gasteiger partial charge >= 0.3 is 0 Å². The Labute approximate surface area is 107 Å². The molecule has 0 aromatic heterocycles. The van der Waals surface area contributed by atoms with E-state index < -0.39 is 0 Å². The molecule has 0 spiro atoms. The zero-order valence-corrected chi connectivity index (χ0v) is 10.2. The maximum atomic E-state index is 11.6. The first-order valence-electron chi connectivity index (χ1n) is 6.36. The molecule has 92 valence electrons. The number of rotatable bonds is 2. The van der Waals surface area contributed by atoms with Crippen LogP contribution in [0.1, 0.15) is 12.0 Å². The third kappa shape index (κ3) is 2.27. The fourth-order valence-electron chi connectivity index (χ4n) is 2.67. The lowest BCUT2D eigenvalue weighted by Gasteiger charge is -2.33. The summed E-state index contributed by atoms with van der Waals surface area (Å²) in [6.07, 6.45) is 4.54. The topological polar surface area (TPSA) is 32.7 Å². The lowest BCUT2D eigenvalue weighted by molar-refractivity contribution is -0.121. The summed E-state index contributed by atoms with van der Waals surface area (Å²) in [4.78, 5) is 17.9. The highest BCUT2D eigenvalue weighted by atomic mass is 16.1. The molecule has 0 bridgehead atoms. The van der Waals surface area contributed by atoms with E-state index in [9.17, 15) is 4.79 Å². The normalized spacial score (nSPS) is 23.7. The van der Waals surface area contributed by atoms with Crippen LogP contribution in [0, 0.1) is 5.92 Å². The van der Waals surface area contributed by atoms with Gasteiger partial charge in [0.2, 0.25) is 0 Å². The molecule has 3 nitrogen and oxygen atoms in total. The van der Waals surface area contributed by atoms with Gasteiger partial charge in [-0.2, -0.15) is 0 Å². The zero-order valence-electron chi connectivity index (χ0n) is 10.2. The lowest BCUT2D eigenvalue weighted by atomic mass is 9.89. The van der Waals surface area contributed by atoms with Gasteiger partial charge in [0.15, 0.2) is 0 Å². The predicted molar refractivity (Wildman–Crippen MR) is 71.4 cm³/mol. The van der Waals surface area contributed by atoms with Gasteiger partial charge in [-0.25, -0.2) is 4.99 Å². The second-order valence-electron chi connectivity index (χ2n) is 4.90. The Morgan fingerprint density at radius 2 is 2.11 bits per heavy atom. The van der Waals surface area contributed by atoms with Gasteiger partial charge in [-0.15, -0.1) is 0 Å². The number of allylic oxidation sites excluding steroid dienone is 1. The van der Waals surface area contributed by atoms with Crippen molar-refractivity contribution in [1.29, 1.82) is 0 Å². The Balaban J connectivity index is 1.69. The van der Waals surface area contributed by atoms with E-state index in [4.69, 9.17) is 0 Å². The van der Waals surface area contributed by atoms with Crippen molar-refractivity contribution >= 4 is 12.1 Å². The summed E-state index contributed by atoms with van der Waals surface area (Å²) < 4.78 is 0. The molecule has 18 heavy (non-hydrogen) atoms. The molecule has 2 aliphatic heterocycles. The second kappa shape index (κ2) is 4.86. The van der Waals surface area contributed by atoms with Crippen molar-refractivity contribution in [3.05, 3.63) is 47.5 Å². The molecule has 2 aliphatic rings. The summed E-state index contributed by atoms with van der Waals surface area (Å²) in [6.45, 7) is 2.81. The van der Waals surface area contributed by atoms with E-state index >= 15 is 0 Å². The third-order valence-corrected chi connectivity index (χ3v) is 3.63. The Morgan fingerprint density at radius 3 is 2.94 bits per heavy atom. The SMILES string of the molecule is O=C1N=CC=C2CN(Cc3ccccc3)CCC12. The number of carbonyl (C=O) groups excluding carboxylic acids is 1. The Bertz CT molecular complexity index is 504. The van der Waals surface area contributed by atoms with E-state index in [2.05, 4.69) is 34.2 Å². The lowest BCUT2D eigenvalue weighted by Crippen LogP contribution is -2.38. The molecular weight excluding hydrogens is 224 g/mol. The highest BCUT2D eigenvalue weighted by molar-refractivity contribution is 5.95. The number of fused-ring (bicyclic) bond motifs is 1. The quantitative estimate of drug-likeness (QED) is 0.792. The summed E-state index contributed by atoms with van der Waals surface area (Å²) in [5.74, 6) is 0.0777. The van der Waals surface area contributed by atoms with E-state index in [1.54, 1.807) is 6.21 Å². The van der Waals surface area contributed by atoms with Crippen LogP contribution in [0.15, 0.2) is 47.0 Å². The minimum Gasteiger partial charge on any atom is -0.295 e. The standard InChI is InChI=1S/C15H16N2O/c18-15-14-7-9-17(11-13(14)6-8-16-15)10-12-4-2-1-3-5-12/h1-6,8,14H,7,9-11H2. The minimum absolute atomic E-state index is 0.0341. The number of nitrogens with zero attached hydrogens (tertiary/aromatic N) is 2. The summed E-state index contributed by atoms with van der Waals surface area (Å²) in [6, 6.07) is 10.5. The van der Waals surface area contributed by atoms with Crippen molar-refractivity contribution in [2.45, 2.75) is 13.0 Å². The van der Waals surface area contributed by atoms with Crippen LogP contribution in [0.4, 0.5) is 0 Å². The number of dihydropyridines is 1. The van der Waals surface area contributed by atoms with Crippen molar-refractivity contribution in [3.8, 4) is 0 Å². The van der Waals surface area contributed by atoms with Crippen LogP contribution >= 0.6 is 0 Å². The van der Waals surface area contributed by atoms with E-state index in [0.29, 0.717) is 0 Å². The first-order valence-corrected chi connectivity index (χ1v) is 6.36. The molecule has 3 rings (SSSR count). The Morgan fingerprint density at radius 1 is 1.28 bits per heavy atom. The molecule has 1 saturated heterocycles. The maximum absolute atomic E-state index is 11.6. The van der Waals surface area contributed by atoms with Crippen LogP contribution in [0.3, 0.4) is 0 Å². The first-order chi connectivity index (χ1) is 8.83. The second-order valence-corrected chi connectivity index (χ2v) is 4.90. The molecule has 2 heterocycles. The molecule has 0 aliphatic carbocycles. The van der Waals surface area contributed by atoms with Gasteiger partial charge in [-0.3, -0.25) is 9.69 Å². The molecular formula is C15H16N2O. The van der Waals surface area contributed by atoms with Crippen molar-refractivity contribution in [2.24, 2.45) is 10.9 Å². The van der Waals surface area contributed by atoms with Gasteiger partial charge in [0, 0.05) is 19.3 Å². The van der Waals surface area contributed by atoms with Gasteiger partial charge in [0.05, 0.1) is 5.92 Å². The van der Waals surface area contributed by atoms with E-state index in [-0.39, 0.29) is 11.8 Å². The van der Waals surface area contributed by atoms with Gasteiger partial charge in [0.1, 0.15) is 0 Å². The van der Waals surface area contributed by atoms with Crippen LogP contribution in [-0.4, -0.2) is 30.1 Å². The molecule has 1 unspecified atom stereocenters. The molecule has 0 N–H and O–H groups in total. The number of hydrogen-bond acceptors (Lipinski definition) is 2. The van der Waals surface area contributed by atoms with Crippen LogP contribution in [-0.2, 0) is 11.3 Å². The third-order valence-electron chi connectivity index (χ3n) is 3.63. The number of piperidine rings is 1. The smallest absolute Gasteiger partial charge is 0.252 e. The summed E-state index contributed by atoms with van der Waals surface area (Å²) >= 11 is 0. The molecule has 0 saturated carbocycles. The van der Waals surface area contributed by atoms with Gasteiger partial charge in [-0.05, 0) is 30.2 Å². The average molecular weight is 240 g/mol. The molecule has 1 aromatic carbocycles. The Hall–Kier alpha value is -1.74. The zero-order chi connectivity index (χ0) is 12.4. The fraction of sp³-hybridized carbons (Fsp3) is 0.333. The van der Waals surface area contributed by atoms with Crippen LogP contribution < -0.4 is 0 Å². The van der Waals surface area contributed by atoms with Crippen LogP contribution in [0.5, 0.6) is 0 Å². The van der Waals surface area contributed by atoms with Gasteiger partial charge in [-0.1, -0.05) is 30.3 Å². The molecule has 1 fully saturated rings. The Kier molecular flexibility index (Phi) is 3.07. The highest BCUT2D eigenvalue weighted by Crippen LogP contribution is 2.26. The van der Waals surface area contributed by atoms with Crippen LogP contribution in [0.2, 0.25) is 0 Å². The van der Waals surface area contributed by atoms with E-state index in [0.717, 1.165) is 26.1 Å². The largest absolute Gasteiger partial charge is 0.295 e. The number of carbonyl (C=O) groups is 1. The summed E-state index contributed by atoms with van der Waals surface area (Å²) in [5, 5.41) is 0. The molecule has 1 aromatic rings. The number of amides is 1. The van der Waals surface area contributed by atoms with Crippen molar-refractivity contribution in [2.75, 3.05) is 13.1 Å².